The first-order chi connectivity index (χ1) is 20.0. The lowest BCUT2D eigenvalue weighted by Crippen LogP contribution is -2.48. The van der Waals surface area contributed by atoms with Crippen molar-refractivity contribution in [2.24, 2.45) is 5.92 Å². The molecule has 13 heteroatoms. The number of nitrogens with zero attached hydrogens (tertiary/aromatic N) is 3. The van der Waals surface area contributed by atoms with E-state index in [1.807, 2.05) is 36.2 Å². The maximum absolute atomic E-state index is 15.0. The summed E-state index contributed by atoms with van der Waals surface area (Å²) in [5, 5.41) is 3.09. The van der Waals surface area contributed by atoms with Crippen LogP contribution < -0.4 is 10.0 Å². The highest BCUT2D eigenvalue weighted by molar-refractivity contribution is 7.92. The Bertz CT molecular complexity index is 1690. The highest BCUT2D eigenvalue weighted by Crippen LogP contribution is 2.29. The lowest BCUT2D eigenvalue weighted by Gasteiger charge is -2.34. The summed E-state index contributed by atoms with van der Waals surface area (Å²) in [6.07, 6.45) is 8.04. The molecule has 1 unspecified atom stereocenters. The zero-order valence-corrected chi connectivity index (χ0v) is 24.1. The second-order valence-electron chi connectivity index (χ2n) is 10.5. The average molecular weight is 599 g/mol. The van der Waals surface area contributed by atoms with E-state index in [0.29, 0.717) is 23.9 Å². The van der Waals surface area contributed by atoms with Crippen LogP contribution in [0.4, 0.5) is 20.2 Å². The van der Waals surface area contributed by atoms with Crippen LogP contribution in [0.25, 0.3) is 16.6 Å². The minimum absolute atomic E-state index is 0.130. The van der Waals surface area contributed by atoms with Crippen molar-refractivity contribution in [2.45, 2.75) is 19.8 Å². The number of H-pyrrole nitrogens is 1. The molecule has 10 nitrogen and oxygen atoms in total. The van der Waals surface area contributed by atoms with E-state index in [1.165, 1.54) is 6.20 Å². The molecule has 0 spiro atoms. The largest absolute Gasteiger partial charge is 0.340 e. The number of pyridine rings is 1. The Morgan fingerprint density at radius 1 is 1.14 bits per heavy atom. The fourth-order valence-electron chi connectivity index (χ4n) is 5.02. The molecule has 0 radical (unpaired) electrons. The smallest absolute Gasteiger partial charge is 0.261 e. The van der Waals surface area contributed by atoms with Gasteiger partial charge in [0.1, 0.15) is 17.0 Å². The number of likely N-dealkylation sites (N-methyl/N-ethyl adjacent to an activating group) is 1. The van der Waals surface area contributed by atoms with Crippen LogP contribution in [0.5, 0.6) is 0 Å². The van der Waals surface area contributed by atoms with E-state index in [4.69, 9.17) is 0 Å². The van der Waals surface area contributed by atoms with Crippen LogP contribution in [0.2, 0.25) is 0 Å². The van der Waals surface area contributed by atoms with Crippen LogP contribution in [0.3, 0.4) is 0 Å². The van der Waals surface area contributed by atoms with E-state index in [0.717, 1.165) is 49.6 Å². The summed E-state index contributed by atoms with van der Waals surface area (Å²) in [5.74, 6) is -3.87. The van der Waals surface area contributed by atoms with E-state index < -0.39 is 38.8 Å². The van der Waals surface area contributed by atoms with Gasteiger partial charge in [0.25, 0.3) is 5.91 Å². The van der Waals surface area contributed by atoms with E-state index in [-0.39, 0.29) is 23.3 Å². The number of benzene rings is 1. The summed E-state index contributed by atoms with van der Waals surface area (Å²) in [4.78, 5) is 37.4. The Labute approximate surface area is 242 Å². The predicted octanol–water partition coefficient (Wildman–Crippen LogP) is 3.98. The summed E-state index contributed by atoms with van der Waals surface area (Å²) in [7, 11) is -1.81. The van der Waals surface area contributed by atoms with Crippen LogP contribution >= 0.6 is 0 Å². The van der Waals surface area contributed by atoms with Crippen LogP contribution in [0.15, 0.2) is 48.7 Å². The molecule has 1 fully saturated rings. The molecule has 3 N–H and O–H groups in total. The van der Waals surface area contributed by atoms with Crippen molar-refractivity contribution in [1.82, 2.24) is 19.8 Å². The maximum atomic E-state index is 15.0. The monoisotopic (exact) mass is 598 g/mol. The fourth-order valence-corrected chi connectivity index (χ4v) is 6.16. The number of piperazine rings is 1. The third kappa shape index (κ3) is 6.36. The topological polar surface area (TPSA) is 127 Å². The molecule has 0 bridgehead atoms. The van der Waals surface area contributed by atoms with Crippen LogP contribution in [0.1, 0.15) is 35.8 Å². The first kappa shape index (κ1) is 29.4. The molecule has 2 aromatic heterocycles. The highest BCUT2D eigenvalue weighted by Gasteiger charge is 2.26. The predicted molar refractivity (Wildman–Crippen MR) is 157 cm³/mol. The van der Waals surface area contributed by atoms with E-state index in [1.54, 1.807) is 13.0 Å². The number of anilines is 2. The number of aromatic nitrogens is 2. The SMILES string of the molecule is CCCS(=O)(=O)Nc1ccc(F)c(C(=O)Nc2cnc3[nH]c(C4=CCC(C(=O)N5CCN(C)CC5)C=C4)cc3c2)c1F. The number of hydrogen-bond acceptors (Lipinski definition) is 6. The number of hydrogen-bond donors (Lipinski definition) is 3. The molecule has 2 amide bonds. The molecule has 3 aromatic rings. The van der Waals surface area contributed by atoms with Crippen molar-refractivity contribution < 1.29 is 26.8 Å². The Kier molecular flexibility index (Phi) is 8.41. The van der Waals surface area contributed by atoms with Gasteiger partial charge in [0.15, 0.2) is 5.82 Å². The second kappa shape index (κ2) is 12.0. The maximum Gasteiger partial charge on any atom is 0.261 e. The van der Waals surface area contributed by atoms with Gasteiger partial charge in [-0.2, -0.15) is 0 Å². The van der Waals surface area contributed by atoms with Gasteiger partial charge in [0, 0.05) is 37.3 Å². The second-order valence-corrected chi connectivity index (χ2v) is 12.3. The molecule has 1 saturated heterocycles. The van der Waals surface area contributed by atoms with E-state index >= 15 is 4.39 Å². The van der Waals surface area contributed by atoms with Gasteiger partial charge in [-0.3, -0.25) is 14.3 Å². The fraction of sp³-hybridized carbons (Fsp3) is 0.345. The first-order valence-corrected chi connectivity index (χ1v) is 15.3. The summed E-state index contributed by atoms with van der Waals surface area (Å²) in [6.45, 7) is 4.83. The lowest BCUT2D eigenvalue weighted by atomic mass is 9.94. The summed E-state index contributed by atoms with van der Waals surface area (Å²) < 4.78 is 55.7. The van der Waals surface area contributed by atoms with Gasteiger partial charge in [-0.05, 0) is 49.7 Å². The molecule has 5 rings (SSSR count). The number of sulfonamides is 1. The van der Waals surface area contributed by atoms with Gasteiger partial charge >= 0.3 is 0 Å². The number of fused-ring (bicyclic) bond motifs is 1. The molecule has 3 heterocycles. The van der Waals surface area contributed by atoms with Crippen molar-refractivity contribution in [1.29, 1.82) is 0 Å². The Balaban J connectivity index is 1.28. The number of carbonyl (C=O) groups excluding carboxylic acids is 2. The molecular weight excluding hydrogens is 566 g/mol. The minimum atomic E-state index is -3.85. The normalized spacial score (nSPS) is 17.8. The van der Waals surface area contributed by atoms with Gasteiger partial charge in [0.2, 0.25) is 15.9 Å². The number of allylic oxidation sites excluding steroid dienone is 3. The third-order valence-corrected chi connectivity index (χ3v) is 8.80. The van der Waals surface area contributed by atoms with Crippen LogP contribution in [-0.2, 0) is 14.8 Å². The van der Waals surface area contributed by atoms with Gasteiger partial charge in [-0.15, -0.1) is 0 Å². The van der Waals surface area contributed by atoms with E-state index in [2.05, 4.69) is 24.9 Å². The first-order valence-electron chi connectivity index (χ1n) is 13.7. The molecule has 1 aromatic carbocycles. The number of rotatable bonds is 8. The summed E-state index contributed by atoms with van der Waals surface area (Å²) in [6, 6.07) is 5.20. The van der Waals surface area contributed by atoms with Gasteiger partial charge in [-0.25, -0.2) is 22.2 Å². The molecule has 2 aliphatic rings. The van der Waals surface area contributed by atoms with E-state index in [9.17, 15) is 22.4 Å². The quantitative estimate of drug-likeness (QED) is 0.360. The van der Waals surface area contributed by atoms with Crippen molar-refractivity contribution in [3.05, 3.63) is 71.6 Å². The summed E-state index contributed by atoms with van der Waals surface area (Å²) in [5.41, 5.74) is 0.969. The molecule has 42 heavy (non-hydrogen) atoms. The van der Waals surface area contributed by atoms with Crippen molar-refractivity contribution in [3.8, 4) is 0 Å². The number of nitrogens with one attached hydrogen (secondary N) is 3. The minimum Gasteiger partial charge on any atom is -0.340 e. The number of halogens is 2. The Morgan fingerprint density at radius 2 is 1.90 bits per heavy atom. The highest BCUT2D eigenvalue weighted by atomic mass is 32.2. The molecule has 1 aliphatic heterocycles. The standard InChI is InChI=1S/C29H32F2N6O4S/c1-3-14-42(40,41)35-23-9-8-22(30)25(26(23)31)28(38)33-21-15-20-16-24(34-27(20)32-17-21)18-4-6-19(7-5-18)29(39)37-12-10-36(2)11-13-37/h4-6,8-9,15-17,19,35H,3,7,10-14H2,1-2H3,(H,32,34)(H,33,38). The number of aromatic amines is 1. The zero-order chi connectivity index (χ0) is 30.0. The molecule has 1 atom stereocenters. The zero-order valence-electron chi connectivity index (χ0n) is 23.3. The van der Waals surface area contributed by atoms with Crippen LogP contribution in [-0.4, -0.2) is 79.0 Å². The molecule has 1 aliphatic carbocycles. The van der Waals surface area contributed by atoms with Crippen molar-refractivity contribution in [3.63, 3.8) is 0 Å². The average Bonchev–Trinajstić information content (AvgIpc) is 3.38. The van der Waals surface area contributed by atoms with Crippen molar-refractivity contribution >= 4 is 49.8 Å². The van der Waals surface area contributed by atoms with Crippen LogP contribution in [0, 0.1) is 17.6 Å². The van der Waals surface area contributed by atoms with Crippen molar-refractivity contribution in [2.75, 3.05) is 49.0 Å². The Morgan fingerprint density at radius 3 is 2.60 bits per heavy atom. The van der Waals surface area contributed by atoms with Gasteiger partial charge in [-0.1, -0.05) is 25.2 Å². The Hall–Kier alpha value is -4.10. The van der Waals surface area contributed by atoms with Gasteiger partial charge < -0.3 is 20.1 Å². The molecule has 222 valence electrons. The molecule has 0 saturated carbocycles. The third-order valence-electron chi connectivity index (χ3n) is 7.33. The summed E-state index contributed by atoms with van der Waals surface area (Å²) >= 11 is 0. The number of carbonyl (C=O) groups is 2. The lowest BCUT2D eigenvalue weighted by molar-refractivity contribution is -0.135. The molecular formula is C29H32F2N6O4S. The number of amides is 2. The van der Waals surface area contributed by atoms with Gasteiger partial charge in [0.05, 0.1) is 29.2 Å².